The quantitative estimate of drug-likeness (QED) is 0.292. The maximum Gasteiger partial charge on any atom is 0.335 e. The van der Waals surface area contributed by atoms with E-state index in [0.717, 1.165) is 29.6 Å². The van der Waals surface area contributed by atoms with Gasteiger partial charge in [0.1, 0.15) is 0 Å². The average molecular weight is 555 g/mol. The van der Waals surface area contributed by atoms with Crippen LogP contribution in [0.1, 0.15) is 65.7 Å². The molecule has 3 aromatic rings. The van der Waals surface area contributed by atoms with Gasteiger partial charge in [-0.25, -0.2) is 14.4 Å². The van der Waals surface area contributed by atoms with Crippen molar-refractivity contribution in [2.24, 2.45) is 29.6 Å². The van der Waals surface area contributed by atoms with Crippen molar-refractivity contribution in [1.82, 2.24) is 0 Å². The van der Waals surface area contributed by atoms with E-state index in [1.54, 1.807) is 91.0 Å². The molecule has 0 spiro atoms. The molecule has 3 N–H and O–H groups in total. The van der Waals surface area contributed by atoms with Crippen molar-refractivity contribution in [3.63, 3.8) is 0 Å². The second-order valence-corrected chi connectivity index (χ2v) is 9.31. The maximum atomic E-state index is 10.2. The summed E-state index contributed by atoms with van der Waals surface area (Å²) in [5.74, 6) is 2.04. The molecule has 0 aliphatic heterocycles. The Balaban J connectivity index is 0.000000477. The smallest absolute Gasteiger partial charge is 0.335 e. The van der Waals surface area contributed by atoms with E-state index in [9.17, 15) is 14.4 Å². The summed E-state index contributed by atoms with van der Waals surface area (Å²) >= 11 is 0. The average Bonchev–Trinajstić information content (AvgIpc) is 3.08. The second kappa shape index (κ2) is 18.1. The molecule has 6 nitrogen and oxygen atoms in total. The van der Waals surface area contributed by atoms with E-state index in [2.05, 4.69) is 34.6 Å². The van der Waals surface area contributed by atoms with Gasteiger partial charge in [0.2, 0.25) is 0 Å². The molecule has 0 radical (unpaired) electrons. The Morgan fingerprint density at radius 2 is 0.579 bits per heavy atom. The standard InChI is InChI=1S/C10H20.3C7H6O2.Ti/c1-6-7(2)9(4)10(5)8(6)3;3*8-7(9)6-4-2-1-3-5-6;/h6-10H,1-5H3;3*1-5H,(H,8,9);. The molecular weight excluding hydrogens is 516 g/mol. The van der Waals surface area contributed by atoms with Crippen LogP contribution in [0.15, 0.2) is 91.0 Å². The molecule has 0 aromatic heterocycles. The summed E-state index contributed by atoms with van der Waals surface area (Å²) in [5, 5.41) is 25.2. The third kappa shape index (κ3) is 11.9. The predicted octanol–water partition coefficient (Wildman–Crippen LogP) is 7.33. The summed E-state index contributed by atoms with van der Waals surface area (Å²) < 4.78 is 0. The van der Waals surface area contributed by atoms with Crippen LogP contribution < -0.4 is 0 Å². The van der Waals surface area contributed by atoms with Crippen LogP contribution >= 0.6 is 0 Å². The Labute approximate surface area is 240 Å². The minimum absolute atomic E-state index is 0. The predicted molar refractivity (Wildman–Crippen MR) is 146 cm³/mol. The Bertz CT molecular complexity index is 927. The van der Waals surface area contributed by atoms with Gasteiger partial charge in [-0.15, -0.1) is 0 Å². The molecule has 1 aliphatic carbocycles. The van der Waals surface area contributed by atoms with E-state index in [1.807, 2.05) is 0 Å². The fourth-order valence-corrected chi connectivity index (χ4v) is 4.14. The summed E-state index contributed by atoms with van der Waals surface area (Å²) in [6, 6.07) is 24.9. The first kappa shape index (κ1) is 34.8. The molecule has 0 bridgehead atoms. The minimum Gasteiger partial charge on any atom is -0.478 e. The summed E-state index contributed by atoms with van der Waals surface area (Å²) in [5.41, 5.74) is 0.993. The molecule has 1 aliphatic rings. The Morgan fingerprint density at radius 3 is 0.684 bits per heavy atom. The molecule has 1 saturated carbocycles. The Hall–Kier alpha value is -3.22. The number of carboxylic acids is 3. The van der Waals surface area contributed by atoms with Gasteiger partial charge in [0.25, 0.3) is 0 Å². The first-order valence-electron chi connectivity index (χ1n) is 12.3. The van der Waals surface area contributed by atoms with Crippen LogP contribution in [0, 0.1) is 29.6 Å². The first-order chi connectivity index (χ1) is 17.5. The first-order valence-corrected chi connectivity index (χ1v) is 12.3. The van der Waals surface area contributed by atoms with Gasteiger partial charge >= 0.3 is 17.9 Å². The molecule has 1 fully saturated rings. The number of hydrogen-bond acceptors (Lipinski definition) is 3. The van der Waals surface area contributed by atoms with Gasteiger partial charge in [0.05, 0.1) is 16.7 Å². The zero-order valence-electron chi connectivity index (χ0n) is 22.6. The van der Waals surface area contributed by atoms with Crippen LogP contribution in [0.2, 0.25) is 0 Å². The van der Waals surface area contributed by atoms with Gasteiger partial charge in [-0.2, -0.15) is 0 Å². The fraction of sp³-hybridized carbons (Fsp3) is 0.323. The van der Waals surface area contributed by atoms with Crippen molar-refractivity contribution in [2.45, 2.75) is 34.6 Å². The second-order valence-electron chi connectivity index (χ2n) is 9.31. The number of carboxylic acid groups (broad SMARTS) is 3. The molecule has 0 saturated heterocycles. The molecule has 0 heterocycles. The Kier molecular flexibility index (Phi) is 16.6. The van der Waals surface area contributed by atoms with E-state index < -0.39 is 17.9 Å². The van der Waals surface area contributed by atoms with Gasteiger partial charge in [-0.05, 0) is 66.0 Å². The van der Waals surface area contributed by atoms with E-state index in [4.69, 9.17) is 15.3 Å². The van der Waals surface area contributed by atoms with Crippen molar-refractivity contribution in [3.8, 4) is 0 Å². The summed E-state index contributed by atoms with van der Waals surface area (Å²) in [6.45, 7) is 12.0. The third-order valence-corrected chi connectivity index (χ3v) is 7.21. The molecule has 7 heteroatoms. The van der Waals surface area contributed by atoms with Crippen molar-refractivity contribution >= 4 is 17.9 Å². The summed E-state index contributed by atoms with van der Waals surface area (Å²) in [4.78, 5) is 30.6. The summed E-state index contributed by atoms with van der Waals surface area (Å²) in [6.07, 6.45) is 0. The van der Waals surface area contributed by atoms with Crippen LogP contribution in [-0.4, -0.2) is 33.2 Å². The zero-order chi connectivity index (χ0) is 28.0. The van der Waals surface area contributed by atoms with Gasteiger partial charge < -0.3 is 15.3 Å². The molecule has 4 rings (SSSR count). The number of carbonyl (C=O) groups is 3. The van der Waals surface area contributed by atoms with Crippen LogP contribution in [0.3, 0.4) is 0 Å². The molecule has 3 aromatic carbocycles. The maximum absolute atomic E-state index is 10.2. The van der Waals surface area contributed by atoms with E-state index in [1.165, 1.54) is 0 Å². The van der Waals surface area contributed by atoms with Gasteiger partial charge in [-0.1, -0.05) is 89.2 Å². The molecule has 38 heavy (non-hydrogen) atoms. The van der Waals surface area contributed by atoms with Crippen LogP contribution in [0.25, 0.3) is 0 Å². The molecular formula is C31H38O6Ti. The molecule has 0 atom stereocenters. The largest absolute Gasteiger partial charge is 0.478 e. The van der Waals surface area contributed by atoms with E-state index >= 15 is 0 Å². The van der Waals surface area contributed by atoms with Gasteiger partial charge in [0, 0.05) is 21.7 Å². The van der Waals surface area contributed by atoms with Gasteiger partial charge in [-0.3, -0.25) is 0 Å². The number of benzene rings is 3. The zero-order valence-corrected chi connectivity index (χ0v) is 24.2. The summed E-state index contributed by atoms with van der Waals surface area (Å²) in [7, 11) is 0. The number of rotatable bonds is 3. The molecule has 202 valence electrons. The van der Waals surface area contributed by atoms with Crippen molar-refractivity contribution in [2.75, 3.05) is 0 Å². The van der Waals surface area contributed by atoms with Crippen LogP contribution in [0.4, 0.5) is 0 Å². The van der Waals surface area contributed by atoms with E-state index in [0.29, 0.717) is 16.7 Å². The topological polar surface area (TPSA) is 112 Å². The van der Waals surface area contributed by atoms with Crippen LogP contribution in [-0.2, 0) is 21.7 Å². The van der Waals surface area contributed by atoms with Crippen molar-refractivity contribution in [3.05, 3.63) is 108 Å². The monoisotopic (exact) mass is 554 g/mol. The van der Waals surface area contributed by atoms with Crippen LogP contribution in [0.5, 0.6) is 0 Å². The fourth-order valence-electron chi connectivity index (χ4n) is 4.14. The third-order valence-electron chi connectivity index (χ3n) is 7.21. The van der Waals surface area contributed by atoms with Gasteiger partial charge in [0.15, 0.2) is 0 Å². The Morgan fingerprint density at radius 1 is 0.421 bits per heavy atom. The molecule has 0 amide bonds. The minimum atomic E-state index is -0.879. The van der Waals surface area contributed by atoms with Crippen molar-refractivity contribution in [1.29, 1.82) is 0 Å². The SMILES string of the molecule is CC1C(C)C(C)C(C)C1C.O=C(O)c1ccccc1.O=C(O)c1ccccc1.O=C(O)c1ccccc1.[Ti]. The van der Waals surface area contributed by atoms with Crippen molar-refractivity contribution < 1.29 is 51.4 Å². The number of hydrogen-bond donors (Lipinski definition) is 3. The number of aromatic carboxylic acids is 3. The van der Waals surface area contributed by atoms with E-state index in [-0.39, 0.29) is 21.7 Å². The molecule has 0 unspecified atom stereocenters. The normalized spacial score (nSPS) is 20.9.